The van der Waals surface area contributed by atoms with Crippen LogP contribution in [0.4, 0.5) is 13.2 Å². The number of nitrogens with one attached hydrogen (secondary N) is 1. The molecule has 0 aromatic heterocycles. The van der Waals surface area contributed by atoms with Gasteiger partial charge in [-0.25, -0.2) is 8.51 Å². The van der Waals surface area contributed by atoms with Crippen molar-refractivity contribution in [2.45, 2.75) is 43.4 Å². The largest absolute Gasteiger partial charge is 0.573 e. The Bertz CT molecular complexity index is 736. The molecular formula is C19H23F3N2O3S. The molecule has 1 unspecified atom stereocenters. The summed E-state index contributed by atoms with van der Waals surface area (Å²) in [6.45, 7) is 1.75. The van der Waals surface area contributed by atoms with Crippen molar-refractivity contribution >= 4 is 16.9 Å². The van der Waals surface area contributed by atoms with E-state index in [0.29, 0.717) is 37.4 Å². The Labute approximate surface area is 164 Å². The van der Waals surface area contributed by atoms with Crippen LogP contribution in [-0.4, -0.2) is 40.4 Å². The summed E-state index contributed by atoms with van der Waals surface area (Å²) < 4.78 is 54.8. The lowest BCUT2D eigenvalue weighted by Crippen LogP contribution is -2.33. The van der Waals surface area contributed by atoms with Crippen LogP contribution in [0.15, 0.2) is 40.8 Å². The zero-order chi connectivity index (χ0) is 20.1. The summed E-state index contributed by atoms with van der Waals surface area (Å²) in [5.41, 5.74) is 1.02. The standard InChI is InChI=1S/C19H23F3N2O3S/c20-19(21,22)27-16-3-5-17(6-4-16)28(26)24-11-8-15(9-12-24)13-18(25)23-10-7-14-1-2-14/h3-6,13-14H,1-2,7-12H2,(H,23,25). The fraction of sp³-hybridized carbons (Fsp3) is 0.526. The van der Waals surface area contributed by atoms with Crippen molar-refractivity contribution in [2.24, 2.45) is 5.92 Å². The first-order valence-corrected chi connectivity index (χ1v) is 10.4. The average Bonchev–Trinajstić information content (AvgIpc) is 3.45. The lowest BCUT2D eigenvalue weighted by molar-refractivity contribution is -0.274. The van der Waals surface area contributed by atoms with Crippen LogP contribution in [0.1, 0.15) is 32.1 Å². The van der Waals surface area contributed by atoms with E-state index in [1.807, 2.05) is 0 Å². The number of ether oxygens (including phenoxy) is 1. The van der Waals surface area contributed by atoms with Crippen LogP contribution >= 0.6 is 0 Å². The van der Waals surface area contributed by atoms with Gasteiger partial charge in [-0.1, -0.05) is 18.4 Å². The predicted molar refractivity (Wildman–Crippen MR) is 98.8 cm³/mol. The van der Waals surface area contributed by atoms with Gasteiger partial charge in [-0.05, 0) is 49.4 Å². The third-order valence-corrected chi connectivity index (χ3v) is 6.25. The van der Waals surface area contributed by atoms with Crippen LogP contribution in [-0.2, 0) is 15.8 Å². The summed E-state index contributed by atoms with van der Waals surface area (Å²) in [5, 5.41) is 2.90. The third kappa shape index (κ3) is 6.63. The number of hydrogen-bond acceptors (Lipinski definition) is 3. The van der Waals surface area contributed by atoms with Gasteiger partial charge in [0.15, 0.2) is 0 Å². The maximum absolute atomic E-state index is 12.6. The Morgan fingerprint density at radius 2 is 1.86 bits per heavy atom. The van der Waals surface area contributed by atoms with E-state index in [0.717, 1.165) is 30.0 Å². The Hall–Kier alpha value is -1.87. The van der Waals surface area contributed by atoms with Crippen molar-refractivity contribution in [2.75, 3.05) is 19.6 Å². The van der Waals surface area contributed by atoms with Crippen LogP contribution in [0.5, 0.6) is 5.75 Å². The van der Waals surface area contributed by atoms with E-state index in [4.69, 9.17) is 0 Å². The molecule has 1 heterocycles. The molecule has 1 amide bonds. The molecule has 5 nitrogen and oxygen atoms in total. The Morgan fingerprint density at radius 3 is 2.43 bits per heavy atom. The molecule has 2 fully saturated rings. The van der Waals surface area contributed by atoms with E-state index in [1.54, 1.807) is 10.4 Å². The number of nitrogens with zero attached hydrogens (tertiary/aromatic N) is 1. The van der Waals surface area contributed by atoms with Crippen molar-refractivity contribution in [3.63, 3.8) is 0 Å². The molecule has 1 atom stereocenters. The highest BCUT2D eigenvalue weighted by Gasteiger charge is 2.31. The SMILES string of the molecule is O=C(C=C1CCN(S(=O)c2ccc(OC(F)(F)F)cc2)CC1)NCCC1CC1. The van der Waals surface area contributed by atoms with Gasteiger partial charge in [0.2, 0.25) is 5.91 Å². The minimum atomic E-state index is -4.75. The Balaban J connectivity index is 1.46. The topological polar surface area (TPSA) is 58.6 Å². The fourth-order valence-electron chi connectivity index (χ4n) is 3.03. The van der Waals surface area contributed by atoms with Gasteiger partial charge in [0.25, 0.3) is 0 Å². The number of benzene rings is 1. The monoisotopic (exact) mass is 416 g/mol. The second-order valence-corrected chi connectivity index (χ2v) is 8.51. The van der Waals surface area contributed by atoms with E-state index in [9.17, 15) is 22.2 Å². The first kappa shape index (κ1) is 20.9. The van der Waals surface area contributed by atoms with Crippen molar-refractivity contribution in [1.82, 2.24) is 9.62 Å². The Morgan fingerprint density at radius 1 is 1.21 bits per heavy atom. The van der Waals surface area contributed by atoms with E-state index in [1.165, 1.54) is 25.0 Å². The summed E-state index contributed by atoms with van der Waals surface area (Å²) in [7, 11) is -1.46. The molecule has 1 aliphatic carbocycles. The van der Waals surface area contributed by atoms with Crippen molar-refractivity contribution in [3.8, 4) is 5.75 Å². The molecule has 1 saturated carbocycles. The highest BCUT2D eigenvalue weighted by Crippen LogP contribution is 2.31. The second-order valence-electron chi connectivity index (χ2n) is 7.02. The van der Waals surface area contributed by atoms with Gasteiger partial charge in [0.05, 0.1) is 4.90 Å². The second kappa shape index (κ2) is 9.09. The molecule has 1 saturated heterocycles. The lowest BCUT2D eigenvalue weighted by atomic mass is 10.1. The van der Waals surface area contributed by atoms with Gasteiger partial charge in [0, 0.05) is 25.7 Å². The van der Waals surface area contributed by atoms with Crippen LogP contribution in [0, 0.1) is 5.92 Å². The molecule has 3 rings (SSSR count). The normalized spacial score (nSPS) is 19.2. The van der Waals surface area contributed by atoms with E-state index >= 15 is 0 Å². The summed E-state index contributed by atoms with van der Waals surface area (Å²) in [6, 6.07) is 5.05. The molecule has 2 aliphatic rings. The van der Waals surface area contributed by atoms with E-state index in [2.05, 4.69) is 10.1 Å². The molecule has 28 heavy (non-hydrogen) atoms. The summed E-state index contributed by atoms with van der Waals surface area (Å²) in [5.74, 6) is 0.357. The van der Waals surface area contributed by atoms with Crippen molar-refractivity contribution < 1.29 is 26.9 Å². The maximum atomic E-state index is 12.6. The molecule has 1 aromatic rings. The van der Waals surface area contributed by atoms with Gasteiger partial charge < -0.3 is 10.1 Å². The van der Waals surface area contributed by atoms with Gasteiger partial charge in [-0.2, -0.15) is 0 Å². The molecule has 154 valence electrons. The van der Waals surface area contributed by atoms with Crippen LogP contribution < -0.4 is 10.1 Å². The lowest BCUT2D eigenvalue weighted by Gasteiger charge is -2.27. The van der Waals surface area contributed by atoms with Gasteiger partial charge in [0.1, 0.15) is 16.7 Å². The molecular weight excluding hydrogens is 393 g/mol. The number of piperidine rings is 1. The highest BCUT2D eigenvalue weighted by molar-refractivity contribution is 7.82. The number of alkyl halides is 3. The minimum absolute atomic E-state index is 0.0783. The summed E-state index contributed by atoms with van der Waals surface area (Å²) in [4.78, 5) is 12.3. The Kier molecular flexibility index (Phi) is 6.77. The number of halogens is 3. The first-order valence-electron chi connectivity index (χ1n) is 9.30. The highest BCUT2D eigenvalue weighted by atomic mass is 32.2. The quantitative estimate of drug-likeness (QED) is 0.692. The van der Waals surface area contributed by atoms with Gasteiger partial charge >= 0.3 is 6.36 Å². The maximum Gasteiger partial charge on any atom is 0.573 e. The molecule has 0 spiro atoms. The molecule has 0 bridgehead atoms. The molecule has 9 heteroatoms. The van der Waals surface area contributed by atoms with Crippen molar-refractivity contribution in [1.29, 1.82) is 0 Å². The summed E-state index contributed by atoms with van der Waals surface area (Å²) >= 11 is 0. The predicted octanol–water partition coefficient (Wildman–Crippen LogP) is 3.55. The number of hydrogen-bond donors (Lipinski definition) is 1. The molecule has 0 radical (unpaired) electrons. The zero-order valence-corrected chi connectivity index (χ0v) is 16.2. The number of amides is 1. The smallest absolute Gasteiger partial charge is 0.406 e. The minimum Gasteiger partial charge on any atom is -0.406 e. The van der Waals surface area contributed by atoms with E-state index < -0.39 is 17.3 Å². The molecule has 1 N–H and O–H groups in total. The average molecular weight is 416 g/mol. The molecule has 1 aromatic carbocycles. The zero-order valence-electron chi connectivity index (χ0n) is 15.3. The van der Waals surface area contributed by atoms with Crippen LogP contribution in [0.3, 0.4) is 0 Å². The number of carbonyl (C=O) groups is 1. The van der Waals surface area contributed by atoms with Gasteiger partial charge in [-0.3, -0.25) is 4.79 Å². The number of carbonyl (C=O) groups excluding carboxylic acids is 1. The third-order valence-electron chi connectivity index (χ3n) is 4.74. The van der Waals surface area contributed by atoms with Gasteiger partial charge in [-0.15, -0.1) is 13.2 Å². The van der Waals surface area contributed by atoms with Crippen molar-refractivity contribution in [3.05, 3.63) is 35.9 Å². The van der Waals surface area contributed by atoms with E-state index in [-0.39, 0.29) is 11.7 Å². The van der Waals surface area contributed by atoms with Crippen LogP contribution in [0.2, 0.25) is 0 Å². The first-order chi connectivity index (χ1) is 13.3. The fourth-order valence-corrected chi connectivity index (χ4v) is 4.21. The van der Waals surface area contributed by atoms with Crippen LogP contribution in [0.25, 0.3) is 0 Å². The number of rotatable bonds is 7. The summed E-state index contributed by atoms with van der Waals surface area (Å²) in [6.07, 6.45) is 1.73. The molecule has 1 aliphatic heterocycles.